The van der Waals surface area contributed by atoms with E-state index in [4.69, 9.17) is 4.74 Å². The third kappa shape index (κ3) is 3.44. The van der Waals surface area contributed by atoms with Crippen LogP contribution in [0, 0.1) is 6.92 Å². The van der Waals surface area contributed by atoms with Crippen molar-refractivity contribution in [3.05, 3.63) is 40.0 Å². The Morgan fingerprint density at radius 2 is 2.14 bits per heavy atom. The number of aromatic nitrogens is 2. The average molecular weight is 317 g/mol. The number of hydrogen-bond acceptors (Lipinski definition) is 6. The van der Waals surface area contributed by atoms with Crippen LogP contribution in [-0.2, 0) is 11.2 Å². The quantitative estimate of drug-likeness (QED) is 0.794. The highest BCUT2D eigenvalue weighted by Crippen LogP contribution is 2.18. The molecule has 0 bridgehead atoms. The van der Waals surface area contributed by atoms with Gasteiger partial charge in [0, 0.05) is 30.6 Å². The summed E-state index contributed by atoms with van der Waals surface area (Å²) in [7, 11) is 0. The second-order valence-corrected chi connectivity index (χ2v) is 6.29. The van der Waals surface area contributed by atoms with Crippen LogP contribution in [0.4, 0.5) is 5.82 Å². The predicted molar refractivity (Wildman–Crippen MR) is 86.5 cm³/mol. The molecular weight excluding hydrogens is 298 g/mol. The summed E-state index contributed by atoms with van der Waals surface area (Å²) in [5.41, 5.74) is 3.33. The number of thiazole rings is 1. The van der Waals surface area contributed by atoms with E-state index in [1.165, 1.54) is 12.8 Å². The largest absolute Gasteiger partial charge is 0.462 e. The third-order valence-corrected chi connectivity index (χ3v) is 4.82. The molecule has 0 N–H and O–H groups in total. The molecule has 3 heterocycles. The molecule has 3 rings (SSSR count). The summed E-state index contributed by atoms with van der Waals surface area (Å²) >= 11 is 1.59. The van der Waals surface area contributed by atoms with Gasteiger partial charge in [-0.25, -0.2) is 14.8 Å². The number of anilines is 1. The van der Waals surface area contributed by atoms with Gasteiger partial charge in [-0.1, -0.05) is 0 Å². The molecule has 116 valence electrons. The molecule has 6 heteroatoms. The molecule has 5 nitrogen and oxygen atoms in total. The van der Waals surface area contributed by atoms with Crippen molar-refractivity contribution in [2.24, 2.45) is 0 Å². The standard InChI is InChI=1S/C16H19N3O2S/c1-12-14(22-11-18-12)6-9-21-16(20)13-4-5-15(17-10-13)19-7-2-3-8-19/h4-5,10-11H,2-3,6-9H2,1H3. The van der Waals surface area contributed by atoms with E-state index >= 15 is 0 Å². The number of rotatable bonds is 5. The first-order chi connectivity index (χ1) is 10.7. The van der Waals surface area contributed by atoms with Gasteiger partial charge in [-0.2, -0.15) is 0 Å². The van der Waals surface area contributed by atoms with Crippen LogP contribution in [0.15, 0.2) is 23.8 Å². The van der Waals surface area contributed by atoms with Gasteiger partial charge in [0.25, 0.3) is 0 Å². The Balaban J connectivity index is 1.52. The van der Waals surface area contributed by atoms with Crippen LogP contribution in [0.5, 0.6) is 0 Å². The first-order valence-corrected chi connectivity index (χ1v) is 8.39. The summed E-state index contributed by atoms with van der Waals surface area (Å²) in [5, 5.41) is 0. The number of carbonyl (C=O) groups excluding carboxylic acids is 1. The van der Waals surface area contributed by atoms with Crippen molar-refractivity contribution in [1.82, 2.24) is 9.97 Å². The Labute approximate surface area is 134 Å². The molecular formula is C16H19N3O2S. The highest BCUT2D eigenvalue weighted by atomic mass is 32.1. The number of hydrogen-bond donors (Lipinski definition) is 0. The Hall–Kier alpha value is -1.95. The molecule has 0 radical (unpaired) electrons. The molecule has 2 aromatic heterocycles. The van der Waals surface area contributed by atoms with Gasteiger partial charge in [-0.15, -0.1) is 11.3 Å². The maximum absolute atomic E-state index is 12.0. The number of aryl methyl sites for hydroxylation is 1. The zero-order valence-electron chi connectivity index (χ0n) is 12.6. The average Bonchev–Trinajstić information content (AvgIpc) is 3.20. The smallest absolute Gasteiger partial charge is 0.339 e. The number of esters is 1. The molecule has 1 fully saturated rings. The van der Waals surface area contributed by atoms with Gasteiger partial charge in [-0.05, 0) is 31.9 Å². The van der Waals surface area contributed by atoms with Crippen LogP contribution in [-0.4, -0.2) is 35.6 Å². The summed E-state index contributed by atoms with van der Waals surface area (Å²) in [4.78, 5) is 24.0. The Bertz CT molecular complexity index is 633. The zero-order chi connectivity index (χ0) is 15.4. The van der Waals surface area contributed by atoms with Crippen LogP contribution >= 0.6 is 11.3 Å². The van der Waals surface area contributed by atoms with Crippen molar-refractivity contribution in [2.75, 3.05) is 24.6 Å². The van der Waals surface area contributed by atoms with Crippen molar-refractivity contribution in [1.29, 1.82) is 0 Å². The summed E-state index contributed by atoms with van der Waals surface area (Å²) in [6.45, 7) is 4.43. The lowest BCUT2D eigenvalue weighted by molar-refractivity contribution is 0.0509. The van der Waals surface area contributed by atoms with E-state index in [0.717, 1.165) is 29.5 Å². The van der Waals surface area contributed by atoms with Crippen LogP contribution in [0.1, 0.15) is 33.8 Å². The lowest BCUT2D eigenvalue weighted by Gasteiger charge is -2.16. The minimum atomic E-state index is -0.317. The SMILES string of the molecule is Cc1ncsc1CCOC(=O)c1ccc(N2CCCC2)nc1. The second-order valence-electron chi connectivity index (χ2n) is 5.35. The maximum Gasteiger partial charge on any atom is 0.339 e. The molecule has 0 saturated carbocycles. The van der Waals surface area contributed by atoms with E-state index in [9.17, 15) is 4.79 Å². The minimum Gasteiger partial charge on any atom is -0.462 e. The number of pyridine rings is 1. The highest BCUT2D eigenvalue weighted by Gasteiger charge is 2.14. The van der Waals surface area contributed by atoms with Gasteiger partial charge in [0.05, 0.1) is 23.4 Å². The molecule has 1 aliphatic heterocycles. The van der Waals surface area contributed by atoms with E-state index in [1.54, 1.807) is 23.6 Å². The van der Waals surface area contributed by atoms with Crippen molar-refractivity contribution < 1.29 is 9.53 Å². The molecule has 0 aromatic carbocycles. The van der Waals surface area contributed by atoms with E-state index < -0.39 is 0 Å². The predicted octanol–water partition coefficient (Wildman–Crippen LogP) is 2.85. The maximum atomic E-state index is 12.0. The first-order valence-electron chi connectivity index (χ1n) is 7.51. The molecule has 1 saturated heterocycles. The van der Waals surface area contributed by atoms with Crippen LogP contribution in [0.3, 0.4) is 0 Å². The van der Waals surface area contributed by atoms with Crippen LogP contribution in [0.25, 0.3) is 0 Å². The number of nitrogens with zero attached hydrogens (tertiary/aromatic N) is 3. The fourth-order valence-electron chi connectivity index (χ4n) is 2.53. The molecule has 22 heavy (non-hydrogen) atoms. The topological polar surface area (TPSA) is 55.3 Å². The van der Waals surface area contributed by atoms with Crippen LogP contribution in [0.2, 0.25) is 0 Å². The normalized spacial score (nSPS) is 14.3. The minimum absolute atomic E-state index is 0.317. The third-order valence-electron chi connectivity index (χ3n) is 3.82. The lowest BCUT2D eigenvalue weighted by Crippen LogP contribution is -2.19. The lowest BCUT2D eigenvalue weighted by atomic mass is 10.3. The molecule has 1 aliphatic rings. The summed E-state index contributed by atoms with van der Waals surface area (Å²) in [5.74, 6) is 0.622. The van der Waals surface area contributed by atoms with Crippen molar-refractivity contribution >= 4 is 23.1 Å². The first kappa shape index (κ1) is 15.0. The number of ether oxygens (including phenoxy) is 1. The number of carbonyl (C=O) groups is 1. The van der Waals surface area contributed by atoms with Gasteiger partial charge in [0.15, 0.2) is 0 Å². The molecule has 0 atom stereocenters. The van der Waals surface area contributed by atoms with Crippen molar-refractivity contribution in [3.8, 4) is 0 Å². The summed E-state index contributed by atoms with van der Waals surface area (Å²) in [6, 6.07) is 3.69. The van der Waals surface area contributed by atoms with E-state index in [-0.39, 0.29) is 5.97 Å². The Morgan fingerprint density at radius 3 is 2.77 bits per heavy atom. The van der Waals surface area contributed by atoms with Gasteiger partial charge >= 0.3 is 5.97 Å². The summed E-state index contributed by atoms with van der Waals surface area (Å²) < 4.78 is 5.31. The van der Waals surface area contributed by atoms with E-state index in [0.29, 0.717) is 18.6 Å². The molecule has 0 spiro atoms. The fraction of sp³-hybridized carbons (Fsp3) is 0.438. The zero-order valence-corrected chi connectivity index (χ0v) is 13.4. The molecule has 0 amide bonds. The van der Waals surface area contributed by atoms with Crippen molar-refractivity contribution in [3.63, 3.8) is 0 Å². The van der Waals surface area contributed by atoms with Gasteiger partial charge < -0.3 is 9.64 Å². The second kappa shape index (κ2) is 6.87. The fourth-order valence-corrected chi connectivity index (χ4v) is 3.29. The Kier molecular flexibility index (Phi) is 4.68. The van der Waals surface area contributed by atoms with Gasteiger partial charge in [0.2, 0.25) is 0 Å². The summed E-state index contributed by atoms with van der Waals surface area (Å²) in [6.07, 6.45) is 4.74. The molecule has 0 unspecified atom stereocenters. The van der Waals surface area contributed by atoms with Gasteiger partial charge in [-0.3, -0.25) is 0 Å². The van der Waals surface area contributed by atoms with Crippen molar-refractivity contribution in [2.45, 2.75) is 26.2 Å². The Morgan fingerprint density at radius 1 is 1.32 bits per heavy atom. The van der Waals surface area contributed by atoms with E-state index in [2.05, 4.69) is 14.9 Å². The molecule has 0 aliphatic carbocycles. The van der Waals surface area contributed by atoms with E-state index in [1.807, 2.05) is 18.5 Å². The monoisotopic (exact) mass is 317 g/mol. The molecule has 2 aromatic rings. The van der Waals surface area contributed by atoms with Gasteiger partial charge in [0.1, 0.15) is 5.82 Å². The van der Waals surface area contributed by atoms with Crippen LogP contribution < -0.4 is 4.90 Å². The highest BCUT2D eigenvalue weighted by molar-refractivity contribution is 7.09.